The van der Waals surface area contributed by atoms with Crippen molar-refractivity contribution in [2.75, 3.05) is 22.8 Å². The maximum atomic E-state index is 13.2. The molecule has 27 heavy (non-hydrogen) atoms. The number of aliphatic hydroxyl groups is 1. The predicted molar refractivity (Wildman–Crippen MR) is 95.9 cm³/mol. The molecule has 0 spiro atoms. The van der Waals surface area contributed by atoms with Crippen LogP contribution in [0.5, 0.6) is 5.75 Å². The number of hydrogen-bond donors (Lipinski definition) is 4. The van der Waals surface area contributed by atoms with Gasteiger partial charge in [-0.15, -0.1) is 0 Å². The average molecular weight is 395 g/mol. The number of H-pyrrole nitrogens is 1. The standard InChI is InChI=1S/C16H17N3O7S/c1-9-4-14(15(21)17-6-9)27(24,25)19-7-11(8-20)26-13-3-2-10(5-12(13)19)18-16(22)23/h2-6,11,18,20H,7-8H2,1H3,(H,17,21)(H,22,23). The minimum Gasteiger partial charge on any atom is -0.484 e. The Morgan fingerprint density at radius 3 is 2.81 bits per heavy atom. The number of carboxylic acid groups (broad SMARTS) is 1. The molecule has 0 fully saturated rings. The number of sulfonamides is 1. The van der Waals surface area contributed by atoms with E-state index in [0.29, 0.717) is 5.56 Å². The summed E-state index contributed by atoms with van der Waals surface area (Å²) in [4.78, 5) is 24.9. The third kappa shape index (κ3) is 3.59. The van der Waals surface area contributed by atoms with Gasteiger partial charge in [0.25, 0.3) is 15.6 Å². The lowest BCUT2D eigenvalue weighted by Crippen LogP contribution is -2.46. The van der Waals surface area contributed by atoms with Crippen molar-refractivity contribution < 1.29 is 28.2 Å². The van der Waals surface area contributed by atoms with Crippen LogP contribution < -0.4 is 19.9 Å². The molecule has 1 amide bonds. The Labute approximate surface area is 154 Å². The van der Waals surface area contributed by atoms with E-state index in [1.807, 2.05) is 0 Å². The summed E-state index contributed by atoms with van der Waals surface area (Å²) in [6, 6.07) is 5.33. The van der Waals surface area contributed by atoms with E-state index in [1.54, 1.807) is 6.92 Å². The number of nitrogens with zero attached hydrogens (tertiary/aromatic N) is 1. The molecule has 0 bridgehead atoms. The molecule has 2 aromatic rings. The summed E-state index contributed by atoms with van der Waals surface area (Å²) >= 11 is 0. The lowest BCUT2D eigenvalue weighted by Gasteiger charge is -2.34. The molecule has 144 valence electrons. The average Bonchev–Trinajstić information content (AvgIpc) is 2.62. The number of fused-ring (bicyclic) bond motifs is 1. The van der Waals surface area contributed by atoms with Crippen LogP contribution in [-0.2, 0) is 10.0 Å². The highest BCUT2D eigenvalue weighted by atomic mass is 32.2. The number of hydrogen-bond acceptors (Lipinski definition) is 6. The number of aryl methyl sites for hydroxylation is 1. The first kappa shape index (κ1) is 18.7. The fourth-order valence-corrected chi connectivity index (χ4v) is 4.34. The third-order valence-electron chi connectivity index (χ3n) is 3.93. The topological polar surface area (TPSA) is 149 Å². The second-order valence-corrected chi connectivity index (χ2v) is 7.77. The summed E-state index contributed by atoms with van der Waals surface area (Å²) in [6.07, 6.45) is -0.765. The first-order valence-corrected chi connectivity index (χ1v) is 9.30. The molecule has 0 aliphatic carbocycles. The first-order chi connectivity index (χ1) is 12.7. The molecule has 10 nitrogen and oxygen atoms in total. The van der Waals surface area contributed by atoms with Crippen LogP contribution in [0.4, 0.5) is 16.2 Å². The molecule has 4 N–H and O–H groups in total. The first-order valence-electron chi connectivity index (χ1n) is 7.86. The molecular weight excluding hydrogens is 378 g/mol. The maximum Gasteiger partial charge on any atom is 0.409 e. The molecule has 0 radical (unpaired) electrons. The lowest BCUT2D eigenvalue weighted by atomic mass is 10.2. The molecule has 1 unspecified atom stereocenters. The summed E-state index contributed by atoms with van der Waals surface area (Å²) in [5.41, 5.74) is -0.0480. The maximum absolute atomic E-state index is 13.2. The normalized spacial score (nSPS) is 16.4. The van der Waals surface area contributed by atoms with E-state index in [9.17, 15) is 23.1 Å². The number of ether oxygens (including phenoxy) is 1. The third-order valence-corrected chi connectivity index (χ3v) is 5.71. The predicted octanol–water partition coefficient (Wildman–Crippen LogP) is 0.722. The van der Waals surface area contributed by atoms with Crippen molar-refractivity contribution >= 4 is 27.5 Å². The number of amides is 1. The van der Waals surface area contributed by atoms with Gasteiger partial charge in [-0.1, -0.05) is 0 Å². The van der Waals surface area contributed by atoms with Gasteiger partial charge in [0.2, 0.25) is 0 Å². The molecule has 2 heterocycles. The fraction of sp³-hybridized carbons (Fsp3) is 0.250. The highest BCUT2D eigenvalue weighted by Gasteiger charge is 2.36. The van der Waals surface area contributed by atoms with Gasteiger partial charge in [0.1, 0.15) is 11.9 Å². The van der Waals surface area contributed by atoms with E-state index < -0.39 is 39.3 Å². The minimum atomic E-state index is -4.29. The van der Waals surface area contributed by atoms with E-state index in [2.05, 4.69) is 10.3 Å². The minimum absolute atomic E-state index is 0.0619. The van der Waals surface area contributed by atoms with Crippen molar-refractivity contribution in [3.8, 4) is 5.75 Å². The zero-order valence-electron chi connectivity index (χ0n) is 14.2. The number of benzene rings is 1. The molecule has 1 atom stereocenters. The van der Waals surface area contributed by atoms with E-state index in [0.717, 1.165) is 4.31 Å². The van der Waals surface area contributed by atoms with Crippen LogP contribution in [0, 0.1) is 6.92 Å². The number of aromatic nitrogens is 1. The van der Waals surface area contributed by atoms with Gasteiger partial charge in [0.15, 0.2) is 4.90 Å². The van der Waals surface area contributed by atoms with Crippen molar-refractivity contribution in [2.45, 2.75) is 17.9 Å². The van der Waals surface area contributed by atoms with Crippen LogP contribution in [0.3, 0.4) is 0 Å². The van der Waals surface area contributed by atoms with E-state index >= 15 is 0 Å². The van der Waals surface area contributed by atoms with Gasteiger partial charge in [-0.3, -0.25) is 14.4 Å². The van der Waals surface area contributed by atoms with Crippen LogP contribution in [0.2, 0.25) is 0 Å². The van der Waals surface area contributed by atoms with Gasteiger partial charge in [-0.05, 0) is 36.8 Å². The monoisotopic (exact) mass is 395 g/mol. The molecule has 1 aromatic carbocycles. The number of aliphatic hydroxyl groups excluding tert-OH is 1. The van der Waals surface area contributed by atoms with Crippen molar-refractivity contribution in [3.63, 3.8) is 0 Å². The summed E-state index contributed by atoms with van der Waals surface area (Å²) in [6.45, 7) is 0.953. The number of carbonyl (C=O) groups is 1. The zero-order chi connectivity index (χ0) is 19.8. The summed E-state index contributed by atoms with van der Waals surface area (Å²) in [7, 11) is -4.29. The highest BCUT2D eigenvalue weighted by Crippen LogP contribution is 2.38. The van der Waals surface area contributed by atoms with Crippen LogP contribution in [0.1, 0.15) is 5.56 Å². The Bertz CT molecular complexity index is 1050. The number of aromatic amines is 1. The summed E-state index contributed by atoms with van der Waals surface area (Å²) in [5, 5.41) is 20.4. The van der Waals surface area contributed by atoms with Gasteiger partial charge in [-0.25, -0.2) is 13.2 Å². The van der Waals surface area contributed by atoms with Crippen molar-refractivity contribution in [1.29, 1.82) is 0 Å². The fourth-order valence-electron chi connectivity index (χ4n) is 2.71. The highest BCUT2D eigenvalue weighted by molar-refractivity contribution is 7.92. The quantitative estimate of drug-likeness (QED) is 0.596. The van der Waals surface area contributed by atoms with Crippen LogP contribution in [-0.4, -0.2) is 49.0 Å². The molecule has 3 rings (SSSR count). The van der Waals surface area contributed by atoms with Crippen LogP contribution in [0.15, 0.2) is 40.2 Å². The molecule has 11 heteroatoms. The van der Waals surface area contributed by atoms with Crippen molar-refractivity contribution in [1.82, 2.24) is 4.98 Å². The van der Waals surface area contributed by atoms with Crippen LogP contribution in [0.25, 0.3) is 0 Å². The molecule has 1 aliphatic heterocycles. The Morgan fingerprint density at radius 1 is 1.41 bits per heavy atom. The van der Waals surface area contributed by atoms with Gasteiger partial charge < -0.3 is 19.9 Å². The van der Waals surface area contributed by atoms with E-state index in [4.69, 9.17) is 9.84 Å². The Balaban J connectivity index is 2.15. The van der Waals surface area contributed by atoms with Gasteiger partial charge in [0, 0.05) is 11.9 Å². The second-order valence-electron chi connectivity index (χ2n) is 5.94. The number of nitrogens with one attached hydrogen (secondary N) is 2. The van der Waals surface area contributed by atoms with Crippen molar-refractivity contribution in [2.24, 2.45) is 0 Å². The number of pyridine rings is 1. The Morgan fingerprint density at radius 2 is 2.15 bits per heavy atom. The molecular formula is C16H17N3O7S. The van der Waals surface area contributed by atoms with Crippen molar-refractivity contribution in [3.05, 3.63) is 46.4 Å². The SMILES string of the molecule is Cc1c[nH]c(=O)c(S(=O)(=O)N2CC(CO)Oc3ccc(NC(=O)O)cc32)c1. The summed E-state index contributed by atoms with van der Waals surface area (Å²) in [5.74, 6) is 0.142. The zero-order valence-corrected chi connectivity index (χ0v) is 15.0. The number of rotatable bonds is 4. The van der Waals surface area contributed by atoms with E-state index in [-0.39, 0.29) is 23.7 Å². The van der Waals surface area contributed by atoms with Gasteiger partial charge in [-0.2, -0.15) is 0 Å². The van der Waals surface area contributed by atoms with Gasteiger partial charge in [0.05, 0.1) is 18.8 Å². The molecule has 1 aromatic heterocycles. The lowest BCUT2D eigenvalue weighted by molar-refractivity contribution is 0.116. The van der Waals surface area contributed by atoms with E-state index in [1.165, 1.54) is 30.5 Å². The Hall–Kier alpha value is -3.05. The molecule has 0 saturated carbocycles. The Kier molecular flexibility index (Phi) is 4.81. The second kappa shape index (κ2) is 6.93. The summed E-state index contributed by atoms with van der Waals surface area (Å²) < 4.78 is 32.8. The van der Waals surface area contributed by atoms with Gasteiger partial charge >= 0.3 is 6.09 Å². The molecule has 0 saturated heterocycles. The molecule has 1 aliphatic rings. The van der Waals surface area contributed by atoms with Crippen LogP contribution >= 0.6 is 0 Å². The largest absolute Gasteiger partial charge is 0.484 e. The smallest absolute Gasteiger partial charge is 0.409 e. The number of anilines is 2.